The number of halogens is 1. The van der Waals surface area contributed by atoms with E-state index in [1.807, 2.05) is 0 Å². The lowest BCUT2D eigenvalue weighted by Crippen LogP contribution is -2.38. The number of rotatable bonds is 5. The minimum atomic E-state index is 0. The third-order valence-corrected chi connectivity index (χ3v) is 3.69. The zero-order valence-electron chi connectivity index (χ0n) is 10.9. The van der Waals surface area contributed by atoms with Gasteiger partial charge in [0.25, 0.3) is 0 Å². The summed E-state index contributed by atoms with van der Waals surface area (Å²) < 4.78 is 0. The highest BCUT2D eigenvalue weighted by atomic mass is 127. The molecule has 1 saturated carbocycles. The molecule has 0 amide bonds. The molecule has 96 valence electrons. The van der Waals surface area contributed by atoms with Gasteiger partial charge in [-0.3, -0.25) is 4.99 Å². The van der Waals surface area contributed by atoms with Gasteiger partial charge >= 0.3 is 0 Å². The van der Waals surface area contributed by atoms with Gasteiger partial charge in [-0.2, -0.15) is 0 Å². The molecule has 1 unspecified atom stereocenters. The Kier molecular flexibility index (Phi) is 6.67. The molecule has 0 aromatic rings. The van der Waals surface area contributed by atoms with Crippen LogP contribution in [0.3, 0.4) is 0 Å². The van der Waals surface area contributed by atoms with Crippen molar-refractivity contribution in [2.24, 2.45) is 22.1 Å². The van der Waals surface area contributed by atoms with Gasteiger partial charge in [-0.1, -0.05) is 20.8 Å². The van der Waals surface area contributed by atoms with Crippen molar-refractivity contribution in [1.82, 2.24) is 5.32 Å². The number of nitrogens with one attached hydrogen (secondary N) is 1. The summed E-state index contributed by atoms with van der Waals surface area (Å²) >= 11 is 0. The maximum Gasteiger partial charge on any atom is 0.188 e. The van der Waals surface area contributed by atoms with Crippen LogP contribution >= 0.6 is 24.0 Å². The van der Waals surface area contributed by atoms with E-state index in [2.05, 4.69) is 38.0 Å². The molecule has 0 heterocycles. The van der Waals surface area contributed by atoms with Crippen LogP contribution in [0.2, 0.25) is 0 Å². The van der Waals surface area contributed by atoms with Crippen LogP contribution in [0.4, 0.5) is 0 Å². The molecule has 0 saturated heterocycles. The van der Waals surface area contributed by atoms with Crippen molar-refractivity contribution in [3.63, 3.8) is 0 Å². The number of hydrogen-bond donors (Lipinski definition) is 2. The highest BCUT2D eigenvalue weighted by Gasteiger charge is 2.45. The zero-order chi connectivity index (χ0) is 11.5. The number of nitrogens with two attached hydrogens (primary N) is 1. The molecule has 0 spiro atoms. The summed E-state index contributed by atoms with van der Waals surface area (Å²) in [6.07, 6.45) is 3.70. The fourth-order valence-electron chi connectivity index (χ4n) is 1.72. The van der Waals surface area contributed by atoms with Gasteiger partial charge in [0.15, 0.2) is 5.96 Å². The quantitative estimate of drug-likeness (QED) is 0.460. The molecule has 0 aliphatic heterocycles. The van der Waals surface area contributed by atoms with Crippen molar-refractivity contribution < 1.29 is 0 Å². The molecule has 1 rings (SSSR count). The second kappa shape index (κ2) is 6.67. The first-order valence-electron chi connectivity index (χ1n) is 6.06. The number of aliphatic imine (C=N–C) groups is 1. The average molecular weight is 339 g/mol. The number of nitrogens with zero attached hydrogens (tertiary/aromatic N) is 1. The maximum atomic E-state index is 5.82. The van der Waals surface area contributed by atoms with E-state index in [0.717, 1.165) is 18.9 Å². The number of guanidine groups is 1. The van der Waals surface area contributed by atoms with Gasteiger partial charge in [0, 0.05) is 12.6 Å². The molecule has 0 radical (unpaired) electrons. The first-order chi connectivity index (χ1) is 7.00. The fraction of sp³-hybridized carbons (Fsp3) is 0.917. The topological polar surface area (TPSA) is 50.4 Å². The second-order valence-electron chi connectivity index (χ2n) is 5.17. The summed E-state index contributed by atoms with van der Waals surface area (Å²) in [5.41, 5.74) is 6.28. The van der Waals surface area contributed by atoms with Gasteiger partial charge in [0.2, 0.25) is 0 Å². The third kappa shape index (κ3) is 4.47. The van der Waals surface area contributed by atoms with E-state index in [1.54, 1.807) is 0 Å². The minimum absolute atomic E-state index is 0. The van der Waals surface area contributed by atoms with Crippen LogP contribution in [0, 0.1) is 11.3 Å². The molecule has 0 aromatic carbocycles. The summed E-state index contributed by atoms with van der Waals surface area (Å²) in [5, 5.41) is 3.20. The zero-order valence-corrected chi connectivity index (χ0v) is 13.2. The van der Waals surface area contributed by atoms with Crippen molar-refractivity contribution >= 4 is 29.9 Å². The molecular formula is C12H26IN3. The van der Waals surface area contributed by atoms with Crippen LogP contribution in [0.25, 0.3) is 0 Å². The molecule has 4 heteroatoms. The van der Waals surface area contributed by atoms with Gasteiger partial charge in [0.05, 0.1) is 0 Å². The van der Waals surface area contributed by atoms with E-state index >= 15 is 0 Å². The first-order valence-corrected chi connectivity index (χ1v) is 6.06. The smallest absolute Gasteiger partial charge is 0.188 e. The number of hydrogen-bond acceptors (Lipinski definition) is 1. The summed E-state index contributed by atoms with van der Waals surface area (Å²) in [7, 11) is 0. The molecule has 0 bridgehead atoms. The van der Waals surface area contributed by atoms with Crippen LogP contribution < -0.4 is 11.1 Å². The van der Waals surface area contributed by atoms with Crippen molar-refractivity contribution in [1.29, 1.82) is 0 Å². The molecule has 1 atom stereocenters. The lowest BCUT2D eigenvalue weighted by Gasteiger charge is -2.18. The molecule has 16 heavy (non-hydrogen) atoms. The summed E-state index contributed by atoms with van der Waals surface area (Å²) in [4.78, 5) is 4.45. The highest BCUT2D eigenvalue weighted by Crippen LogP contribution is 2.51. The van der Waals surface area contributed by atoms with Crippen LogP contribution in [0.1, 0.15) is 47.0 Å². The van der Waals surface area contributed by atoms with E-state index in [-0.39, 0.29) is 24.0 Å². The largest absolute Gasteiger partial charge is 0.370 e. The van der Waals surface area contributed by atoms with Crippen molar-refractivity contribution in [2.45, 2.75) is 53.0 Å². The Morgan fingerprint density at radius 3 is 2.31 bits per heavy atom. The first kappa shape index (κ1) is 16.0. The van der Waals surface area contributed by atoms with Crippen LogP contribution in [0.15, 0.2) is 4.99 Å². The Morgan fingerprint density at radius 1 is 1.38 bits per heavy atom. The molecule has 1 aliphatic carbocycles. The Labute approximate surface area is 117 Å². The van der Waals surface area contributed by atoms with Crippen LogP contribution in [0.5, 0.6) is 0 Å². The average Bonchev–Trinajstić information content (AvgIpc) is 2.95. The lowest BCUT2D eigenvalue weighted by molar-refractivity contribution is 0.370. The molecule has 3 N–H and O–H groups in total. The molecule has 1 fully saturated rings. The molecular weight excluding hydrogens is 313 g/mol. The predicted molar refractivity (Wildman–Crippen MR) is 81.3 cm³/mol. The third-order valence-electron chi connectivity index (χ3n) is 3.69. The highest BCUT2D eigenvalue weighted by molar-refractivity contribution is 14.0. The van der Waals surface area contributed by atoms with Crippen molar-refractivity contribution in [3.05, 3.63) is 0 Å². The van der Waals surface area contributed by atoms with Crippen LogP contribution in [-0.2, 0) is 0 Å². The van der Waals surface area contributed by atoms with Crippen molar-refractivity contribution in [2.75, 3.05) is 6.54 Å². The van der Waals surface area contributed by atoms with Gasteiger partial charge in [-0.15, -0.1) is 24.0 Å². The van der Waals surface area contributed by atoms with Gasteiger partial charge in [0.1, 0.15) is 0 Å². The molecule has 1 aliphatic rings. The van der Waals surface area contributed by atoms with E-state index in [1.165, 1.54) is 12.8 Å². The van der Waals surface area contributed by atoms with Gasteiger partial charge < -0.3 is 11.1 Å². The van der Waals surface area contributed by atoms with E-state index < -0.39 is 0 Å². The van der Waals surface area contributed by atoms with Crippen molar-refractivity contribution in [3.8, 4) is 0 Å². The predicted octanol–water partition coefficient (Wildman–Crippen LogP) is 2.74. The van der Waals surface area contributed by atoms with Gasteiger partial charge in [-0.05, 0) is 37.5 Å². The Hall–Kier alpha value is 0. The maximum absolute atomic E-state index is 5.82. The minimum Gasteiger partial charge on any atom is -0.370 e. The summed E-state index contributed by atoms with van der Waals surface area (Å²) in [6.45, 7) is 9.71. The normalized spacial score (nSPS) is 20.2. The Morgan fingerprint density at radius 2 is 1.94 bits per heavy atom. The Bertz CT molecular complexity index is 234. The standard InChI is InChI=1S/C12H25N3.HI/c1-5-10(4)15-11(13)14-8-12(6-7-12)9(2)3;/h9-10H,5-8H2,1-4H3,(H3,13,14,15);1H. The van der Waals surface area contributed by atoms with E-state index in [0.29, 0.717) is 17.4 Å². The monoisotopic (exact) mass is 339 g/mol. The SMILES string of the molecule is CCC(C)NC(N)=NCC1(C(C)C)CC1.I. The lowest BCUT2D eigenvalue weighted by atomic mass is 9.93. The van der Waals surface area contributed by atoms with Gasteiger partial charge in [-0.25, -0.2) is 0 Å². The summed E-state index contributed by atoms with van der Waals surface area (Å²) in [6, 6.07) is 0.419. The Balaban J connectivity index is 0.00000225. The summed E-state index contributed by atoms with van der Waals surface area (Å²) in [5.74, 6) is 1.33. The van der Waals surface area contributed by atoms with E-state index in [4.69, 9.17) is 5.73 Å². The second-order valence-corrected chi connectivity index (χ2v) is 5.17. The molecule has 0 aromatic heterocycles. The van der Waals surface area contributed by atoms with Crippen LogP contribution in [-0.4, -0.2) is 18.5 Å². The molecule has 3 nitrogen and oxygen atoms in total. The van der Waals surface area contributed by atoms with E-state index in [9.17, 15) is 0 Å². The fourth-order valence-corrected chi connectivity index (χ4v) is 1.72.